The number of carbonyl (C=O) groups excluding carboxylic acids is 2. The molecular weight excluding hydrogens is 599 g/mol. The number of hydrogen-bond donors (Lipinski definition) is 1. The van der Waals surface area contributed by atoms with Crippen LogP contribution in [0.1, 0.15) is 37.9 Å². The molecule has 2 aromatic carbocycles. The number of nitrogens with zero attached hydrogens (tertiary/aromatic N) is 5. The molecule has 9 nitrogen and oxygen atoms in total. The summed E-state index contributed by atoms with van der Waals surface area (Å²) in [5.74, 6) is -5.32. The minimum Gasteiger partial charge on any atom is -0.507 e. The van der Waals surface area contributed by atoms with Crippen LogP contribution >= 0.6 is 0 Å². The molecule has 0 aliphatic carbocycles. The average Bonchev–Trinajstić information content (AvgIpc) is 3.00. The standard InChI is InChI=1S/C34H32F3N5O4/c1-7-24(44)40-15-22-33(45)39(6)32-31(41(22)14-18(40)5)19-13-21(36)26(25-20(35)9-8-10-23(25)43)27(37)30(19)42(34(32)46)29-17(4)11-12-38-28(29)16(2)3/h7-13,16,18,22,43H,1,14-15H2,2-6H3/t18-,22-/m1/s1. The number of piperazine rings is 1. The van der Waals surface area contributed by atoms with Crippen LogP contribution in [0.15, 0.2) is 54.0 Å². The normalized spacial score (nSPS) is 17.8. The van der Waals surface area contributed by atoms with Crippen molar-refractivity contribution in [3.8, 4) is 22.6 Å². The Labute approximate surface area is 262 Å². The number of phenols is 1. The van der Waals surface area contributed by atoms with E-state index < -0.39 is 57.9 Å². The highest BCUT2D eigenvalue weighted by atomic mass is 19.1. The van der Waals surface area contributed by atoms with E-state index in [1.807, 2.05) is 13.8 Å². The first kappa shape index (κ1) is 30.9. The molecule has 1 N–H and O–H groups in total. The zero-order chi connectivity index (χ0) is 33.4. The summed E-state index contributed by atoms with van der Waals surface area (Å²) in [7, 11) is 1.41. The third-order valence-electron chi connectivity index (χ3n) is 8.90. The number of aromatic hydroxyl groups is 1. The van der Waals surface area contributed by atoms with Crippen LogP contribution in [0.3, 0.4) is 0 Å². The first-order chi connectivity index (χ1) is 21.8. The minimum atomic E-state index is -1.28. The molecule has 238 valence electrons. The molecule has 2 aliphatic rings. The second-order valence-corrected chi connectivity index (χ2v) is 12.0. The number of aromatic nitrogens is 2. The lowest BCUT2D eigenvalue weighted by Crippen LogP contribution is -2.66. The van der Waals surface area contributed by atoms with E-state index in [1.54, 1.807) is 31.0 Å². The number of carbonyl (C=O) groups is 2. The molecule has 4 aromatic rings. The van der Waals surface area contributed by atoms with Crippen LogP contribution in [-0.4, -0.2) is 63.6 Å². The predicted octanol–water partition coefficient (Wildman–Crippen LogP) is 5.18. The fourth-order valence-electron chi connectivity index (χ4n) is 6.72. The van der Waals surface area contributed by atoms with Crippen molar-refractivity contribution in [2.75, 3.05) is 29.9 Å². The van der Waals surface area contributed by atoms with E-state index in [4.69, 9.17) is 0 Å². The maximum absolute atomic E-state index is 17.2. The summed E-state index contributed by atoms with van der Waals surface area (Å²) in [6.07, 6.45) is 2.71. The fraction of sp³-hybridized carbons (Fsp3) is 0.294. The highest BCUT2D eigenvalue weighted by Crippen LogP contribution is 2.46. The van der Waals surface area contributed by atoms with Crippen molar-refractivity contribution < 1.29 is 27.9 Å². The van der Waals surface area contributed by atoms with Crippen LogP contribution in [0.25, 0.3) is 27.7 Å². The molecule has 0 saturated carbocycles. The summed E-state index contributed by atoms with van der Waals surface area (Å²) in [6, 6.07) is 4.51. The second kappa shape index (κ2) is 11.0. The summed E-state index contributed by atoms with van der Waals surface area (Å²) in [5.41, 5.74) is -1.47. The van der Waals surface area contributed by atoms with Gasteiger partial charge in [0.2, 0.25) is 5.91 Å². The van der Waals surface area contributed by atoms with Crippen LogP contribution in [0, 0.1) is 24.4 Å². The number of rotatable bonds is 4. The van der Waals surface area contributed by atoms with E-state index in [2.05, 4.69) is 11.6 Å². The molecule has 0 spiro atoms. The molecule has 2 atom stereocenters. The molecule has 1 fully saturated rings. The molecule has 0 unspecified atom stereocenters. The van der Waals surface area contributed by atoms with Gasteiger partial charge in [0.05, 0.1) is 40.3 Å². The van der Waals surface area contributed by atoms with E-state index in [0.29, 0.717) is 11.3 Å². The van der Waals surface area contributed by atoms with E-state index in [1.165, 1.54) is 18.0 Å². The molecule has 1 saturated heterocycles. The summed E-state index contributed by atoms with van der Waals surface area (Å²) in [6.45, 7) is 10.7. The fourth-order valence-corrected chi connectivity index (χ4v) is 6.72. The van der Waals surface area contributed by atoms with Crippen LogP contribution in [0.4, 0.5) is 24.5 Å². The molecule has 12 heteroatoms. The summed E-state index contributed by atoms with van der Waals surface area (Å²) >= 11 is 0. The van der Waals surface area contributed by atoms with Crippen LogP contribution < -0.4 is 15.4 Å². The van der Waals surface area contributed by atoms with Gasteiger partial charge in [-0.2, -0.15) is 0 Å². The molecule has 0 radical (unpaired) electrons. The minimum absolute atomic E-state index is 0.0510. The number of benzene rings is 2. The highest BCUT2D eigenvalue weighted by Gasteiger charge is 2.46. The number of likely N-dealkylation sites (N-methyl/N-ethyl adjacent to an activating group) is 1. The largest absolute Gasteiger partial charge is 0.507 e. The van der Waals surface area contributed by atoms with Gasteiger partial charge in [-0.15, -0.1) is 0 Å². The zero-order valence-electron chi connectivity index (χ0n) is 25.9. The molecule has 0 bridgehead atoms. The maximum Gasteiger partial charge on any atom is 0.281 e. The van der Waals surface area contributed by atoms with E-state index in [9.17, 15) is 19.5 Å². The van der Waals surface area contributed by atoms with Crippen LogP contribution in [0.5, 0.6) is 5.75 Å². The molecule has 4 heterocycles. The number of halogens is 3. The molecule has 2 aliphatic heterocycles. The first-order valence-electron chi connectivity index (χ1n) is 14.8. The van der Waals surface area contributed by atoms with Gasteiger partial charge in [0, 0.05) is 31.2 Å². The highest BCUT2D eigenvalue weighted by molar-refractivity contribution is 6.13. The number of fused-ring (bicyclic) bond motifs is 5. The summed E-state index contributed by atoms with van der Waals surface area (Å²) in [4.78, 5) is 50.0. The quantitative estimate of drug-likeness (QED) is 0.312. The molecule has 2 aromatic heterocycles. The topological polar surface area (TPSA) is 99.0 Å². The smallest absolute Gasteiger partial charge is 0.281 e. The van der Waals surface area contributed by atoms with Gasteiger partial charge in [-0.05, 0) is 55.7 Å². The average molecular weight is 632 g/mol. The second-order valence-electron chi connectivity index (χ2n) is 12.0. The lowest BCUT2D eigenvalue weighted by molar-refractivity contribution is -0.130. The number of phenolic OH excluding ortho intramolecular Hbond substituents is 1. The van der Waals surface area contributed by atoms with Gasteiger partial charge in [0.15, 0.2) is 5.82 Å². The number of pyridine rings is 2. The third-order valence-corrected chi connectivity index (χ3v) is 8.90. The summed E-state index contributed by atoms with van der Waals surface area (Å²) in [5, 5.41) is 10.5. The molecule has 46 heavy (non-hydrogen) atoms. The van der Waals surface area contributed by atoms with Crippen molar-refractivity contribution >= 4 is 34.1 Å². The van der Waals surface area contributed by atoms with Crippen molar-refractivity contribution in [2.45, 2.75) is 45.7 Å². The Balaban J connectivity index is 1.80. The Bertz CT molecular complexity index is 2020. The van der Waals surface area contributed by atoms with Gasteiger partial charge in [0.25, 0.3) is 11.5 Å². The lowest BCUT2D eigenvalue weighted by Gasteiger charge is -2.50. The molecular formula is C34H32F3N5O4. The number of anilines is 2. The summed E-state index contributed by atoms with van der Waals surface area (Å²) < 4.78 is 49.6. The van der Waals surface area contributed by atoms with Crippen molar-refractivity contribution in [3.63, 3.8) is 0 Å². The van der Waals surface area contributed by atoms with Gasteiger partial charge in [-0.3, -0.25) is 23.9 Å². The zero-order valence-corrected chi connectivity index (χ0v) is 25.9. The van der Waals surface area contributed by atoms with Gasteiger partial charge in [0.1, 0.15) is 29.1 Å². The van der Waals surface area contributed by atoms with Crippen molar-refractivity contribution in [3.05, 3.63) is 88.2 Å². The van der Waals surface area contributed by atoms with Crippen molar-refractivity contribution in [1.82, 2.24) is 14.5 Å². The Kier molecular flexibility index (Phi) is 7.41. The van der Waals surface area contributed by atoms with Crippen LogP contribution in [0.2, 0.25) is 0 Å². The third kappa shape index (κ3) is 4.38. The van der Waals surface area contributed by atoms with Gasteiger partial charge >= 0.3 is 0 Å². The van der Waals surface area contributed by atoms with Crippen molar-refractivity contribution in [1.29, 1.82) is 0 Å². The van der Waals surface area contributed by atoms with Crippen molar-refractivity contribution in [2.24, 2.45) is 0 Å². The lowest BCUT2D eigenvalue weighted by atomic mass is 9.94. The molecule has 6 rings (SSSR count). The Morgan fingerprint density at radius 1 is 1.07 bits per heavy atom. The Hall–Kier alpha value is -5.13. The SMILES string of the molecule is C=CC(=O)N1C[C@@H]2C(=O)N(C)c3c(c4cc(F)c(-c5c(O)cccc5F)c(F)c4n(-c4c(C)ccnc4C(C)C)c3=O)N2C[C@H]1C. The number of aryl methyl sites for hydroxylation is 1. The van der Waals surface area contributed by atoms with E-state index in [-0.39, 0.29) is 52.9 Å². The Morgan fingerprint density at radius 3 is 2.43 bits per heavy atom. The predicted molar refractivity (Wildman–Crippen MR) is 169 cm³/mol. The van der Waals surface area contributed by atoms with Gasteiger partial charge < -0.3 is 19.8 Å². The Morgan fingerprint density at radius 2 is 1.78 bits per heavy atom. The maximum atomic E-state index is 17.2. The van der Waals surface area contributed by atoms with Crippen LogP contribution in [-0.2, 0) is 9.59 Å². The van der Waals surface area contributed by atoms with Gasteiger partial charge in [-0.1, -0.05) is 26.5 Å². The number of amides is 2. The van der Waals surface area contributed by atoms with Gasteiger partial charge in [-0.25, -0.2) is 13.2 Å². The number of hydrogen-bond acceptors (Lipinski definition) is 6. The van der Waals surface area contributed by atoms with E-state index >= 15 is 13.2 Å². The first-order valence-corrected chi connectivity index (χ1v) is 14.8. The molecule has 2 amide bonds. The van der Waals surface area contributed by atoms with E-state index in [0.717, 1.165) is 33.7 Å². The monoisotopic (exact) mass is 631 g/mol.